The van der Waals surface area contributed by atoms with Crippen LogP contribution in [0.4, 0.5) is 0 Å². The first kappa shape index (κ1) is 15.5. The van der Waals surface area contributed by atoms with Crippen molar-refractivity contribution in [1.29, 1.82) is 0 Å². The SMILES string of the molecule is O=S(=O)(NCCOc1cccc2ccccc12)c1ccccc1. The molecule has 0 radical (unpaired) electrons. The summed E-state index contributed by atoms with van der Waals surface area (Å²) >= 11 is 0. The van der Waals surface area contributed by atoms with E-state index < -0.39 is 10.0 Å². The molecule has 0 saturated heterocycles. The van der Waals surface area contributed by atoms with Crippen LogP contribution in [-0.2, 0) is 10.0 Å². The predicted molar refractivity (Wildman–Crippen MR) is 91.1 cm³/mol. The van der Waals surface area contributed by atoms with Gasteiger partial charge in [0.2, 0.25) is 10.0 Å². The molecule has 118 valence electrons. The number of hydrogen-bond acceptors (Lipinski definition) is 3. The molecule has 0 saturated carbocycles. The minimum absolute atomic E-state index is 0.209. The topological polar surface area (TPSA) is 55.4 Å². The van der Waals surface area contributed by atoms with Crippen LogP contribution in [0.5, 0.6) is 5.75 Å². The van der Waals surface area contributed by atoms with Gasteiger partial charge in [0.15, 0.2) is 0 Å². The zero-order valence-electron chi connectivity index (χ0n) is 12.5. The van der Waals surface area contributed by atoms with Gasteiger partial charge in [0, 0.05) is 11.9 Å². The first-order chi connectivity index (χ1) is 11.2. The van der Waals surface area contributed by atoms with Gasteiger partial charge in [-0.05, 0) is 23.6 Å². The second-order valence-electron chi connectivity index (χ2n) is 5.04. The highest BCUT2D eigenvalue weighted by Gasteiger charge is 2.12. The van der Waals surface area contributed by atoms with Gasteiger partial charge in [-0.15, -0.1) is 0 Å². The lowest BCUT2D eigenvalue weighted by Crippen LogP contribution is -2.28. The van der Waals surface area contributed by atoms with Crippen LogP contribution >= 0.6 is 0 Å². The van der Waals surface area contributed by atoms with Gasteiger partial charge in [0.1, 0.15) is 12.4 Å². The number of sulfonamides is 1. The molecule has 5 heteroatoms. The maximum absolute atomic E-state index is 12.1. The summed E-state index contributed by atoms with van der Waals surface area (Å²) in [4.78, 5) is 0.255. The van der Waals surface area contributed by atoms with Crippen LogP contribution in [-0.4, -0.2) is 21.6 Å². The molecule has 0 bridgehead atoms. The average molecular weight is 327 g/mol. The van der Waals surface area contributed by atoms with E-state index in [1.54, 1.807) is 30.3 Å². The minimum Gasteiger partial charge on any atom is -0.492 e. The summed E-state index contributed by atoms with van der Waals surface area (Å²) in [6.45, 7) is 0.473. The van der Waals surface area contributed by atoms with Crippen LogP contribution in [0.2, 0.25) is 0 Å². The van der Waals surface area contributed by atoms with Gasteiger partial charge in [-0.25, -0.2) is 13.1 Å². The zero-order chi connectivity index (χ0) is 16.1. The molecule has 0 aliphatic heterocycles. The Hall–Kier alpha value is -2.37. The second-order valence-corrected chi connectivity index (χ2v) is 6.80. The van der Waals surface area contributed by atoms with Crippen LogP contribution < -0.4 is 9.46 Å². The third kappa shape index (κ3) is 3.70. The van der Waals surface area contributed by atoms with E-state index in [4.69, 9.17) is 4.74 Å². The van der Waals surface area contributed by atoms with Crippen LogP contribution in [0.3, 0.4) is 0 Å². The van der Waals surface area contributed by atoms with E-state index >= 15 is 0 Å². The molecule has 0 fully saturated rings. The van der Waals surface area contributed by atoms with Crippen LogP contribution in [0.25, 0.3) is 10.8 Å². The molecule has 3 rings (SSSR count). The molecule has 3 aromatic carbocycles. The Labute approximate surface area is 135 Å². The molecule has 4 nitrogen and oxygen atoms in total. The van der Waals surface area contributed by atoms with Crippen molar-refractivity contribution in [2.45, 2.75) is 4.90 Å². The Morgan fingerprint density at radius 1 is 0.826 bits per heavy atom. The summed E-state index contributed by atoms with van der Waals surface area (Å²) in [6.07, 6.45) is 0. The average Bonchev–Trinajstić information content (AvgIpc) is 2.59. The van der Waals surface area contributed by atoms with Crippen LogP contribution in [0, 0.1) is 0 Å². The third-order valence-corrected chi connectivity index (χ3v) is 4.93. The fourth-order valence-electron chi connectivity index (χ4n) is 2.34. The number of ether oxygens (including phenoxy) is 1. The van der Waals surface area contributed by atoms with E-state index in [1.807, 2.05) is 42.5 Å². The summed E-state index contributed by atoms with van der Waals surface area (Å²) in [7, 11) is -3.49. The van der Waals surface area contributed by atoms with Gasteiger partial charge in [-0.1, -0.05) is 54.6 Å². The fourth-order valence-corrected chi connectivity index (χ4v) is 3.38. The largest absolute Gasteiger partial charge is 0.492 e. The Kier molecular flexibility index (Phi) is 4.60. The number of benzene rings is 3. The molecule has 0 aromatic heterocycles. The maximum Gasteiger partial charge on any atom is 0.240 e. The normalized spacial score (nSPS) is 11.5. The summed E-state index contributed by atoms with van der Waals surface area (Å²) in [5.41, 5.74) is 0. The lowest BCUT2D eigenvalue weighted by Gasteiger charge is -2.10. The Bertz CT molecular complexity index is 887. The molecule has 0 atom stereocenters. The Morgan fingerprint density at radius 3 is 2.35 bits per heavy atom. The van der Waals surface area contributed by atoms with Gasteiger partial charge in [-0.3, -0.25) is 0 Å². The van der Waals surface area contributed by atoms with Gasteiger partial charge in [0.25, 0.3) is 0 Å². The number of rotatable bonds is 6. The Balaban J connectivity index is 1.62. The molecule has 0 amide bonds. The van der Waals surface area contributed by atoms with Gasteiger partial charge in [-0.2, -0.15) is 0 Å². The van der Waals surface area contributed by atoms with Crippen molar-refractivity contribution >= 4 is 20.8 Å². The van der Waals surface area contributed by atoms with Gasteiger partial charge >= 0.3 is 0 Å². The molecule has 0 spiro atoms. The van der Waals surface area contributed by atoms with Crippen molar-refractivity contribution in [3.63, 3.8) is 0 Å². The second kappa shape index (κ2) is 6.81. The van der Waals surface area contributed by atoms with Gasteiger partial charge in [0.05, 0.1) is 4.90 Å². The minimum atomic E-state index is -3.49. The molecule has 0 unspecified atom stereocenters. The van der Waals surface area contributed by atoms with E-state index in [9.17, 15) is 8.42 Å². The number of hydrogen-bond donors (Lipinski definition) is 1. The maximum atomic E-state index is 12.1. The molecule has 23 heavy (non-hydrogen) atoms. The first-order valence-electron chi connectivity index (χ1n) is 7.32. The van der Waals surface area contributed by atoms with Crippen molar-refractivity contribution in [2.24, 2.45) is 0 Å². The fraction of sp³-hybridized carbons (Fsp3) is 0.111. The summed E-state index contributed by atoms with van der Waals surface area (Å²) in [5, 5.41) is 2.11. The van der Waals surface area contributed by atoms with E-state index in [2.05, 4.69) is 4.72 Å². The highest BCUT2D eigenvalue weighted by atomic mass is 32.2. The number of nitrogens with one attached hydrogen (secondary N) is 1. The van der Waals surface area contributed by atoms with Crippen molar-refractivity contribution in [3.8, 4) is 5.75 Å². The van der Waals surface area contributed by atoms with E-state index in [0.29, 0.717) is 0 Å². The quantitative estimate of drug-likeness (QED) is 0.707. The highest BCUT2D eigenvalue weighted by molar-refractivity contribution is 7.89. The van der Waals surface area contributed by atoms with Crippen molar-refractivity contribution in [3.05, 3.63) is 72.8 Å². The highest BCUT2D eigenvalue weighted by Crippen LogP contribution is 2.24. The summed E-state index contributed by atoms with van der Waals surface area (Å²) < 4.78 is 32.4. The van der Waals surface area contributed by atoms with E-state index in [0.717, 1.165) is 16.5 Å². The number of fused-ring (bicyclic) bond motifs is 1. The lowest BCUT2D eigenvalue weighted by molar-refractivity contribution is 0.326. The molecule has 0 aliphatic rings. The first-order valence-corrected chi connectivity index (χ1v) is 8.80. The van der Waals surface area contributed by atoms with Crippen LogP contribution in [0.15, 0.2) is 77.7 Å². The zero-order valence-corrected chi connectivity index (χ0v) is 13.3. The van der Waals surface area contributed by atoms with Gasteiger partial charge < -0.3 is 4.74 Å². The standard InChI is InChI=1S/C18H17NO3S/c20-23(21,16-9-2-1-3-10-16)19-13-14-22-18-12-6-8-15-7-4-5-11-17(15)18/h1-12,19H,13-14H2. The predicted octanol–water partition coefficient (Wildman–Crippen LogP) is 3.20. The molecule has 0 heterocycles. The summed E-state index contributed by atoms with van der Waals surface area (Å²) in [5.74, 6) is 0.752. The lowest BCUT2D eigenvalue weighted by atomic mass is 10.1. The monoisotopic (exact) mass is 327 g/mol. The third-order valence-electron chi connectivity index (χ3n) is 3.45. The molecular formula is C18H17NO3S. The molecule has 0 aliphatic carbocycles. The van der Waals surface area contributed by atoms with E-state index in [1.165, 1.54) is 0 Å². The smallest absolute Gasteiger partial charge is 0.240 e. The Morgan fingerprint density at radius 2 is 1.52 bits per heavy atom. The molecule has 1 N–H and O–H groups in total. The molecule has 3 aromatic rings. The van der Waals surface area contributed by atoms with Crippen molar-refractivity contribution in [1.82, 2.24) is 4.72 Å². The summed E-state index contributed by atoms with van der Waals surface area (Å²) in [6, 6.07) is 22.0. The van der Waals surface area contributed by atoms with E-state index in [-0.39, 0.29) is 18.0 Å². The van der Waals surface area contributed by atoms with Crippen LogP contribution in [0.1, 0.15) is 0 Å². The molecular weight excluding hydrogens is 310 g/mol. The van der Waals surface area contributed by atoms with Crippen molar-refractivity contribution < 1.29 is 13.2 Å². The van der Waals surface area contributed by atoms with Crippen molar-refractivity contribution in [2.75, 3.05) is 13.2 Å².